The van der Waals surface area contributed by atoms with Gasteiger partial charge in [0, 0.05) is 29.4 Å². The highest BCUT2D eigenvalue weighted by atomic mass is 35.5. The first-order valence-corrected chi connectivity index (χ1v) is 11.1. The molecule has 0 bridgehead atoms. The molecule has 3 aromatic rings. The average molecular weight is 439 g/mol. The monoisotopic (exact) mass is 438 g/mol. The lowest BCUT2D eigenvalue weighted by molar-refractivity contribution is 0.305. The zero-order valence-corrected chi connectivity index (χ0v) is 18.3. The van der Waals surface area contributed by atoms with E-state index in [-0.39, 0.29) is 0 Å². The van der Waals surface area contributed by atoms with Crippen LogP contribution in [0.1, 0.15) is 11.1 Å². The van der Waals surface area contributed by atoms with E-state index in [9.17, 15) is 0 Å². The van der Waals surface area contributed by atoms with Crippen LogP contribution in [0.5, 0.6) is 11.5 Å². The SMILES string of the molecule is COc1ccc(N=C2SCCN2Cc2cccc(OCc3ccccc3Cl)c2)cc1. The van der Waals surface area contributed by atoms with E-state index in [0.29, 0.717) is 6.61 Å². The lowest BCUT2D eigenvalue weighted by atomic mass is 10.2. The smallest absolute Gasteiger partial charge is 0.164 e. The van der Waals surface area contributed by atoms with Crippen LogP contribution in [0.15, 0.2) is 77.8 Å². The van der Waals surface area contributed by atoms with Gasteiger partial charge in [0.2, 0.25) is 0 Å². The van der Waals surface area contributed by atoms with Crippen LogP contribution in [0.3, 0.4) is 0 Å². The van der Waals surface area contributed by atoms with Gasteiger partial charge in [-0.05, 0) is 48.0 Å². The Morgan fingerprint density at radius 3 is 2.63 bits per heavy atom. The molecular weight excluding hydrogens is 416 g/mol. The Hall–Kier alpha value is -2.63. The van der Waals surface area contributed by atoms with E-state index in [1.54, 1.807) is 18.9 Å². The lowest BCUT2D eigenvalue weighted by Gasteiger charge is -2.18. The second-order valence-corrected chi connectivity index (χ2v) is 8.36. The maximum Gasteiger partial charge on any atom is 0.164 e. The lowest BCUT2D eigenvalue weighted by Crippen LogP contribution is -2.23. The van der Waals surface area contributed by atoms with Crippen molar-refractivity contribution in [1.29, 1.82) is 0 Å². The van der Waals surface area contributed by atoms with Gasteiger partial charge in [0.25, 0.3) is 0 Å². The van der Waals surface area contributed by atoms with Crippen LogP contribution >= 0.6 is 23.4 Å². The highest BCUT2D eigenvalue weighted by Crippen LogP contribution is 2.27. The van der Waals surface area contributed by atoms with Gasteiger partial charge in [0.15, 0.2) is 5.17 Å². The topological polar surface area (TPSA) is 34.1 Å². The number of aliphatic imine (C=N–C) groups is 1. The molecule has 1 heterocycles. The van der Waals surface area contributed by atoms with Crippen molar-refractivity contribution in [2.75, 3.05) is 19.4 Å². The zero-order chi connectivity index (χ0) is 20.8. The number of rotatable bonds is 7. The summed E-state index contributed by atoms with van der Waals surface area (Å²) in [4.78, 5) is 7.13. The highest BCUT2D eigenvalue weighted by Gasteiger charge is 2.20. The molecule has 0 radical (unpaired) electrons. The van der Waals surface area contributed by atoms with E-state index in [1.807, 2.05) is 60.7 Å². The molecule has 3 aromatic carbocycles. The summed E-state index contributed by atoms with van der Waals surface area (Å²) in [5.41, 5.74) is 3.10. The van der Waals surface area contributed by atoms with Crippen LogP contribution in [0.4, 0.5) is 5.69 Å². The maximum atomic E-state index is 6.23. The summed E-state index contributed by atoms with van der Waals surface area (Å²) in [7, 11) is 1.67. The number of methoxy groups -OCH3 is 1. The zero-order valence-electron chi connectivity index (χ0n) is 16.8. The van der Waals surface area contributed by atoms with Crippen LogP contribution in [-0.2, 0) is 13.2 Å². The van der Waals surface area contributed by atoms with Gasteiger partial charge in [-0.2, -0.15) is 0 Å². The molecular formula is C24H23ClN2O2S. The minimum atomic E-state index is 0.451. The molecule has 0 saturated carbocycles. The van der Waals surface area contributed by atoms with Crippen molar-refractivity contribution in [3.8, 4) is 11.5 Å². The Kier molecular flexibility index (Phi) is 6.82. The average Bonchev–Trinajstić information content (AvgIpc) is 3.20. The molecule has 0 spiro atoms. The third-order valence-electron chi connectivity index (χ3n) is 4.78. The molecule has 1 aliphatic heterocycles. The molecule has 0 unspecified atom stereocenters. The van der Waals surface area contributed by atoms with Gasteiger partial charge < -0.3 is 14.4 Å². The number of halogens is 1. The maximum absolute atomic E-state index is 6.23. The molecule has 1 fully saturated rings. The Morgan fingerprint density at radius 2 is 1.83 bits per heavy atom. The van der Waals surface area contributed by atoms with Crippen molar-refractivity contribution in [2.24, 2.45) is 4.99 Å². The number of hydrogen-bond acceptors (Lipinski definition) is 4. The summed E-state index contributed by atoms with van der Waals surface area (Å²) < 4.78 is 11.2. The van der Waals surface area contributed by atoms with Gasteiger partial charge in [0.05, 0.1) is 12.8 Å². The number of hydrogen-bond donors (Lipinski definition) is 0. The van der Waals surface area contributed by atoms with Crippen molar-refractivity contribution < 1.29 is 9.47 Å². The summed E-state index contributed by atoms with van der Waals surface area (Å²) in [6.45, 7) is 2.22. The molecule has 0 amide bonds. The second kappa shape index (κ2) is 9.92. The number of ether oxygens (including phenoxy) is 2. The molecule has 154 valence electrons. The minimum absolute atomic E-state index is 0.451. The molecule has 6 heteroatoms. The van der Waals surface area contributed by atoms with Crippen molar-refractivity contribution >= 4 is 34.2 Å². The van der Waals surface area contributed by atoms with E-state index in [4.69, 9.17) is 26.1 Å². The molecule has 0 aromatic heterocycles. The molecule has 0 aliphatic carbocycles. The van der Waals surface area contributed by atoms with E-state index in [1.165, 1.54) is 5.56 Å². The number of amidine groups is 1. The predicted molar refractivity (Wildman–Crippen MR) is 125 cm³/mol. The van der Waals surface area contributed by atoms with Crippen LogP contribution in [0.25, 0.3) is 0 Å². The van der Waals surface area contributed by atoms with E-state index < -0.39 is 0 Å². The molecule has 30 heavy (non-hydrogen) atoms. The summed E-state index contributed by atoms with van der Waals surface area (Å²) >= 11 is 8.01. The standard InChI is InChI=1S/C24H23ClN2O2S/c1-28-21-11-9-20(10-12-21)26-24-27(13-14-30-24)16-18-5-4-7-22(15-18)29-17-19-6-2-3-8-23(19)25/h2-12,15H,13-14,16-17H2,1H3. The fraction of sp³-hybridized carbons (Fsp3) is 0.208. The fourth-order valence-electron chi connectivity index (χ4n) is 3.18. The van der Waals surface area contributed by atoms with Crippen LogP contribution < -0.4 is 9.47 Å². The summed E-state index contributed by atoms with van der Waals surface area (Å²) in [5.74, 6) is 2.72. The van der Waals surface area contributed by atoms with E-state index in [2.05, 4.69) is 17.0 Å². The van der Waals surface area contributed by atoms with Gasteiger partial charge in [-0.3, -0.25) is 0 Å². The number of benzene rings is 3. The summed E-state index contributed by atoms with van der Waals surface area (Å²) in [6, 6.07) is 23.8. The van der Waals surface area contributed by atoms with Crippen LogP contribution in [0.2, 0.25) is 5.02 Å². The van der Waals surface area contributed by atoms with Crippen molar-refractivity contribution in [2.45, 2.75) is 13.2 Å². The highest BCUT2D eigenvalue weighted by molar-refractivity contribution is 8.14. The number of nitrogens with zero attached hydrogens (tertiary/aromatic N) is 2. The van der Waals surface area contributed by atoms with Gasteiger partial charge in [-0.1, -0.05) is 53.7 Å². The van der Waals surface area contributed by atoms with Gasteiger partial charge in [-0.15, -0.1) is 0 Å². The minimum Gasteiger partial charge on any atom is -0.497 e. The first-order valence-electron chi connectivity index (χ1n) is 9.77. The van der Waals surface area contributed by atoms with Crippen LogP contribution in [0, 0.1) is 0 Å². The first-order chi connectivity index (χ1) is 14.7. The van der Waals surface area contributed by atoms with E-state index in [0.717, 1.165) is 51.8 Å². The Morgan fingerprint density at radius 1 is 1.00 bits per heavy atom. The van der Waals surface area contributed by atoms with Crippen molar-refractivity contribution in [1.82, 2.24) is 4.90 Å². The fourth-order valence-corrected chi connectivity index (χ4v) is 4.37. The molecule has 0 N–H and O–H groups in total. The molecule has 1 saturated heterocycles. The van der Waals surface area contributed by atoms with Gasteiger partial charge in [0.1, 0.15) is 18.1 Å². The summed E-state index contributed by atoms with van der Waals surface area (Å²) in [5, 5.41) is 1.77. The molecule has 4 rings (SSSR count). The van der Waals surface area contributed by atoms with Gasteiger partial charge >= 0.3 is 0 Å². The first kappa shape index (κ1) is 20.6. The van der Waals surface area contributed by atoms with E-state index >= 15 is 0 Å². The third kappa shape index (κ3) is 5.29. The normalized spacial score (nSPS) is 14.9. The molecule has 1 aliphatic rings. The largest absolute Gasteiger partial charge is 0.497 e. The second-order valence-electron chi connectivity index (χ2n) is 6.89. The van der Waals surface area contributed by atoms with Gasteiger partial charge in [-0.25, -0.2) is 4.99 Å². The third-order valence-corrected chi connectivity index (χ3v) is 6.15. The quantitative estimate of drug-likeness (QED) is 0.442. The van der Waals surface area contributed by atoms with Crippen molar-refractivity contribution in [3.63, 3.8) is 0 Å². The summed E-state index contributed by atoms with van der Waals surface area (Å²) in [6.07, 6.45) is 0. The number of thioether (sulfide) groups is 1. The Balaban J connectivity index is 1.42. The Labute approximate surface area is 186 Å². The predicted octanol–water partition coefficient (Wildman–Crippen LogP) is 6.16. The van der Waals surface area contributed by atoms with Crippen molar-refractivity contribution in [3.05, 3.63) is 88.9 Å². The molecule has 0 atom stereocenters. The Bertz CT molecular complexity index is 1020. The van der Waals surface area contributed by atoms with Crippen LogP contribution in [-0.4, -0.2) is 29.5 Å². The molecule has 4 nitrogen and oxygen atoms in total.